The highest BCUT2D eigenvalue weighted by molar-refractivity contribution is 5.88. The van der Waals surface area contributed by atoms with Crippen molar-refractivity contribution in [3.63, 3.8) is 0 Å². The maximum atomic E-state index is 5.96. The molecule has 30 heavy (non-hydrogen) atoms. The van der Waals surface area contributed by atoms with Gasteiger partial charge in [-0.15, -0.1) is 0 Å². The molecule has 3 aliphatic rings. The van der Waals surface area contributed by atoms with Crippen LogP contribution in [0.1, 0.15) is 49.7 Å². The van der Waals surface area contributed by atoms with E-state index >= 15 is 0 Å². The number of nitrogens with zero attached hydrogens (tertiary/aromatic N) is 5. The van der Waals surface area contributed by atoms with Crippen molar-refractivity contribution in [2.45, 2.75) is 44.9 Å². The maximum Gasteiger partial charge on any atom is 0.183 e. The first-order valence-corrected chi connectivity index (χ1v) is 11.2. The fourth-order valence-electron chi connectivity index (χ4n) is 5.06. The number of nitrogens with two attached hydrogens (primary N) is 1. The smallest absolute Gasteiger partial charge is 0.183 e. The lowest BCUT2D eigenvalue weighted by Gasteiger charge is -2.39. The third kappa shape index (κ3) is 2.87. The van der Waals surface area contributed by atoms with E-state index in [-0.39, 0.29) is 5.41 Å². The molecule has 1 saturated carbocycles. The van der Waals surface area contributed by atoms with Crippen molar-refractivity contribution in [1.29, 1.82) is 0 Å². The molecule has 1 saturated heterocycles. The van der Waals surface area contributed by atoms with E-state index in [0.717, 1.165) is 74.2 Å². The molecular formula is C23H29N7. The predicted octanol–water partition coefficient (Wildman–Crippen LogP) is 3.49. The topological polar surface area (TPSA) is 87.0 Å². The van der Waals surface area contributed by atoms with Crippen LogP contribution in [-0.4, -0.2) is 46.3 Å². The minimum Gasteiger partial charge on any atom is -0.355 e. The molecule has 7 heteroatoms. The summed E-state index contributed by atoms with van der Waals surface area (Å²) in [6.45, 7) is 5.92. The Morgan fingerprint density at radius 3 is 2.80 bits per heavy atom. The summed E-state index contributed by atoms with van der Waals surface area (Å²) in [5.41, 5.74) is 12.1. The SMILES string of the molecule is CC1(CN)CCN(c2cnc3c(N4CCc5c(C6CC6)cccc54)n[nH]c3n2)CC1. The van der Waals surface area contributed by atoms with Crippen molar-refractivity contribution in [2.24, 2.45) is 11.1 Å². The van der Waals surface area contributed by atoms with Crippen LogP contribution in [0.3, 0.4) is 0 Å². The van der Waals surface area contributed by atoms with Crippen LogP contribution in [0.5, 0.6) is 0 Å². The third-order valence-electron chi connectivity index (χ3n) is 7.36. The summed E-state index contributed by atoms with van der Waals surface area (Å²) in [5.74, 6) is 2.59. The standard InChI is InChI=1S/C23H29N7/c1-23(14-24)8-11-29(12-9-23)19-13-25-20-21(26-19)27-28-22(20)30-10-7-17-16(15-5-6-15)3-2-4-18(17)30/h2-4,13,15H,5-12,14,24H2,1H3,(H,26,27,28). The van der Waals surface area contributed by atoms with Crippen molar-refractivity contribution < 1.29 is 0 Å². The number of anilines is 3. The van der Waals surface area contributed by atoms with Gasteiger partial charge in [0, 0.05) is 25.3 Å². The molecule has 4 heterocycles. The normalized spacial score (nSPS) is 20.7. The zero-order valence-corrected chi connectivity index (χ0v) is 17.6. The van der Waals surface area contributed by atoms with Crippen molar-refractivity contribution >= 4 is 28.5 Å². The molecule has 156 valence electrons. The van der Waals surface area contributed by atoms with Crippen molar-refractivity contribution in [3.05, 3.63) is 35.5 Å². The summed E-state index contributed by atoms with van der Waals surface area (Å²) in [5, 5.41) is 7.77. The predicted molar refractivity (Wildman–Crippen MR) is 119 cm³/mol. The third-order valence-corrected chi connectivity index (χ3v) is 7.36. The number of hydrogen-bond acceptors (Lipinski definition) is 6. The summed E-state index contributed by atoms with van der Waals surface area (Å²) in [6, 6.07) is 6.72. The molecule has 0 spiro atoms. The minimum atomic E-state index is 0.248. The van der Waals surface area contributed by atoms with Crippen LogP contribution in [0.25, 0.3) is 11.2 Å². The Bertz CT molecular complexity index is 1090. The van der Waals surface area contributed by atoms with Gasteiger partial charge in [0.25, 0.3) is 0 Å². The second kappa shape index (κ2) is 6.67. The Morgan fingerprint density at radius 1 is 1.20 bits per heavy atom. The number of nitrogens with one attached hydrogen (secondary N) is 1. The second-order valence-corrected chi connectivity index (χ2v) is 9.50. The highest BCUT2D eigenvalue weighted by Crippen LogP contribution is 2.47. The molecule has 0 amide bonds. The maximum absolute atomic E-state index is 5.96. The van der Waals surface area contributed by atoms with E-state index in [2.05, 4.69) is 45.1 Å². The van der Waals surface area contributed by atoms with Gasteiger partial charge >= 0.3 is 0 Å². The Morgan fingerprint density at radius 2 is 2.03 bits per heavy atom. The van der Waals surface area contributed by atoms with Crippen LogP contribution in [-0.2, 0) is 6.42 Å². The van der Waals surface area contributed by atoms with Crippen molar-refractivity contribution in [2.75, 3.05) is 36.0 Å². The zero-order chi connectivity index (χ0) is 20.3. The van der Waals surface area contributed by atoms with E-state index in [1.165, 1.54) is 29.7 Å². The quantitative estimate of drug-likeness (QED) is 0.693. The number of aromatic amines is 1. The number of H-pyrrole nitrogens is 1. The number of aromatic nitrogens is 4. The van der Waals surface area contributed by atoms with E-state index in [1.54, 1.807) is 0 Å². The van der Waals surface area contributed by atoms with Gasteiger partial charge in [-0.25, -0.2) is 9.97 Å². The van der Waals surface area contributed by atoms with Crippen LogP contribution >= 0.6 is 0 Å². The van der Waals surface area contributed by atoms with E-state index in [0.29, 0.717) is 0 Å². The molecule has 0 bridgehead atoms. The number of piperidine rings is 1. The first-order chi connectivity index (χ1) is 14.6. The largest absolute Gasteiger partial charge is 0.355 e. The minimum absolute atomic E-state index is 0.248. The number of fused-ring (bicyclic) bond motifs is 2. The molecule has 2 aromatic heterocycles. The van der Waals surface area contributed by atoms with Gasteiger partial charge in [0.2, 0.25) is 0 Å². The molecule has 3 N–H and O–H groups in total. The first-order valence-electron chi connectivity index (χ1n) is 11.2. The van der Waals surface area contributed by atoms with Crippen LogP contribution in [0.15, 0.2) is 24.4 Å². The van der Waals surface area contributed by atoms with Gasteiger partial charge in [-0.1, -0.05) is 19.1 Å². The van der Waals surface area contributed by atoms with Gasteiger partial charge in [-0.3, -0.25) is 5.10 Å². The number of hydrogen-bond donors (Lipinski definition) is 2. The van der Waals surface area contributed by atoms with Gasteiger partial charge in [-0.05, 0) is 67.2 Å². The highest BCUT2D eigenvalue weighted by Gasteiger charge is 2.33. The Balaban J connectivity index is 1.29. The molecule has 6 rings (SSSR count). The molecular weight excluding hydrogens is 374 g/mol. The highest BCUT2D eigenvalue weighted by atomic mass is 15.3. The van der Waals surface area contributed by atoms with E-state index in [4.69, 9.17) is 15.7 Å². The number of benzene rings is 1. The summed E-state index contributed by atoms with van der Waals surface area (Å²) in [7, 11) is 0. The van der Waals surface area contributed by atoms with Gasteiger partial charge < -0.3 is 15.5 Å². The molecule has 0 radical (unpaired) electrons. The molecule has 0 unspecified atom stereocenters. The van der Waals surface area contributed by atoms with Crippen molar-refractivity contribution in [3.8, 4) is 0 Å². The molecule has 2 fully saturated rings. The van der Waals surface area contributed by atoms with E-state index < -0.39 is 0 Å². The Kier molecular flexibility index (Phi) is 4.03. The lowest BCUT2D eigenvalue weighted by atomic mass is 9.80. The average molecular weight is 404 g/mol. The fraction of sp³-hybridized carbons (Fsp3) is 0.522. The van der Waals surface area contributed by atoms with Gasteiger partial charge in [-0.2, -0.15) is 5.10 Å². The zero-order valence-electron chi connectivity index (χ0n) is 17.6. The summed E-state index contributed by atoms with van der Waals surface area (Å²) >= 11 is 0. The number of rotatable bonds is 4. The first kappa shape index (κ1) is 18.1. The van der Waals surface area contributed by atoms with Crippen LogP contribution in [0, 0.1) is 5.41 Å². The molecule has 2 aliphatic heterocycles. The van der Waals surface area contributed by atoms with Crippen LogP contribution in [0.2, 0.25) is 0 Å². The Hall–Kier alpha value is -2.67. The summed E-state index contributed by atoms with van der Waals surface area (Å²) in [6.07, 6.45) is 7.82. The Labute approximate surface area is 176 Å². The van der Waals surface area contributed by atoms with E-state index in [1.807, 2.05) is 6.20 Å². The second-order valence-electron chi connectivity index (χ2n) is 9.50. The van der Waals surface area contributed by atoms with E-state index in [9.17, 15) is 0 Å². The molecule has 1 aromatic carbocycles. The summed E-state index contributed by atoms with van der Waals surface area (Å²) < 4.78 is 0. The lowest BCUT2D eigenvalue weighted by molar-refractivity contribution is 0.258. The lowest BCUT2D eigenvalue weighted by Crippen LogP contribution is -2.42. The van der Waals surface area contributed by atoms with Crippen LogP contribution < -0.4 is 15.5 Å². The van der Waals surface area contributed by atoms with Gasteiger partial charge in [0.1, 0.15) is 5.82 Å². The average Bonchev–Trinajstić information content (AvgIpc) is 3.40. The van der Waals surface area contributed by atoms with Gasteiger partial charge in [0.05, 0.1) is 6.20 Å². The van der Waals surface area contributed by atoms with Gasteiger partial charge in [0.15, 0.2) is 17.0 Å². The molecule has 0 atom stereocenters. The molecule has 7 nitrogen and oxygen atoms in total. The van der Waals surface area contributed by atoms with Crippen LogP contribution in [0.4, 0.5) is 17.3 Å². The summed E-state index contributed by atoms with van der Waals surface area (Å²) in [4.78, 5) is 14.3. The monoisotopic (exact) mass is 403 g/mol. The fourth-order valence-corrected chi connectivity index (χ4v) is 5.06. The van der Waals surface area contributed by atoms with Crippen molar-refractivity contribution in [1.82, 2.24) is 20.2 Å². The molecule has 3 aromatic rings. The molecule has 1 aliphatic carbocycles.